The molecule has 0 unspecified atom stereocenters. The molecule has 1 saturated heterocycles. The van der Waals surface area contributed by atoms with E-state index in [0.29, 0.717) is 24.0 Å². The van der Waals surface area contributed by atoms with Crippen LogP contribution in [0.1, 0.15) is 19.8 Å². The first kappa shape index (κ1) is 20.5. The summed E-state index contributed by atoms with van der Waals surface area (Å²) in [6.07, 6.45) is 1.67. The first-order valence-electron chi connectivity index (χ1n) is 8.36. The number of rotatable bonds is 6. The molecule has 2 aromatic rings. The number of piperidine rings is 1. The van der Waals surface area contributed by atoms with Crippen molar-refractivity contribution in [1.29, 1.82) is 0 Å². The Kier molecular flexibility index (Phi) is 6.74. The van der Waals surface area contributed by atoms with Crippen LogP contribution < -0.4 is 5.32 Å². The zero-order chi connectivity index (χ0) is 19.4. The van der Waals surface area contributed by atoms with Gasteiger partial charge in [-0.25, -0.2) is 8.42 Å². The summed E-state index contributed by atoms with van der Waals surface area (Å²) in [7, 11) is -3.65. The van der Waals surface area contributed by atoms with E-state index in [2.05, 4.69) is 22.4 Å². The van der Waals surface area contributed by atoms with Gasteiger partial charge in [0.2, 0.25) is 15.4 Å². The number of carbonyl (C=O) groups excluding carboxylic acids is 1. The maximum absolute atomic E-state index is 12.6. The SMILES string of the molecule is CC1CCN(S(=O)(=O)c2nnc(NC(=O)CSc3ccc(Cl)cc3)s2)CC1. The van der Waals surface area contributed by atoms with E-state index in [1.54, 1.807) is 12.1 Å². The molecule has 3 rings (SSSR count). The number of hydrogen-bond acceptors (Lipinski definition) is 7. The van der Waals surface area contributed by atoms with Crippen LogP contribution in [0.5, 0.6) is 0 Å². The number of halogens is 1. The van der Waals surface area contributed by atoms with E-state index in [1.807, 2.05) is 12.1 Å². The highest BCUT2D eigenvalue weighted by atomic mass is 35.5. The number of benzene rings is 1. The van der Waals surface area contributed by atoms with Crippen molar-refractivity contribution in [2.24, 2.45) is 5.92 Å². The number of nitrogens with zero attached hydrogens (tertiary/aromatic N) is 3. The molecule has 2 heterocycles. The molecule has 1 N–H and O–H groups in total. The number of nitrogens with one attached hydrogen (secondary N) is 1. The van der Waals surface area contributed by atoms with Gasteiger partial charge in [-0.3, -0.25) is 10.1 Å². The summed E-state index contributed by atoms with van der Waals surface area (Å²) in [5, 5.41) is 11.0. The number of aromatic nitrogens is 2. The van der Waals surface area contributed by atoms with Gasteiger partial charge in [0.25, 0.3) is 10.0 Å². The summed E-state index contributed by atoms with van der Waals surface area (Å²) in [4.78, 5) is 13.0. The fourth-order valence-corrected chi connectivity index (χ4v) is 5.88. The molecule has 1 aliphatic heterocycles. The molecule has 11 heteroatoms. The van der Waals surface area contributed by atoms with Crippen molar-refractivity contribution in [2.75, 3.05) is 24.2 Å². The molecule has 0 aliphatic carbocycles. The van der Waals surface area contributed by atoms with Crippen LogP contribution in [-0.2, 0) is 14.8 Å². The first-order chi connectivity index (χ1) is 12.8. The molecule has 7 nitrogen and oxygen atoms in total. The molecule has 1 fully saturated rings. The lowest BCUT2D eigenvalue weighted by Gasteiger charge is -2.28. The standard InChI is InChI=1S/C16H19ClN4O3S3/c1-11-6-8-21(9-7-11)27(23,24)16-20-19-15(26-16)18-14(22)10-25-13-4-2-12(17)3-5-13/h2-5,11H,6-10H2,1H3,(H,18,19,22). The summed E-state index contributed by atoms with van der Waals surface area (Å²) < 4.78 is 26.6. The Labute approximate surface area is 171 Å². The van der Waals surface area contributed by atoms with Gasteiger partial charge in [0.15, 0.2) is 0 Å². The van der Waals surface area contributed by atoms with Gasteiger partial charge in [-0.1, -0.05) is 29.9 Å². The zero-order valence-electron chi connectivity index (χ0n) is 14.6. The molecular weight excluding hydrogens is 428 g/mol. The molecule has 146 valence electrons. The normalized spacial score (nSPS) is 16.4. The smallest absolute Gasteiger partial charge is 0.272 e. The van der Waals surface area contributed by atoms with Crippen molar-refractivity contribution in [2.45, 2.75) is 29.0 Å². The second kappa shape index (κ2) is 8.87. The van der Waals surface area contributed by atoms with E-state index < -0.39 is 10.0 Å². The number of sulfonamides is 1. The van der Waals surface area contributed by atoms with Gasteiger partial charge in [-0.05, 0) is 43.0 Å². The molecule has 27 heavy (non-hydrogen) atoms. The number of thioether (sulfide) groups is 1. The molecule has 1 aromatic carbocycles. The molecule has 1 aromatic heterocycles. The van der Waals surface area contributed by atoms with Crippen LogP contribution >= 0.6 is 34.7 Å². The van der Waals surface area contributed by atoms with Gasteiger partial charge >= 0.3 is 0 Å². The summed E-state index contributed by atoms with van der Waals surface area (Å²) in [6.45, 7) is 3.09. The number of carbonyl (C=O) groups is 1. The number of amides is 1. The van der Waals surface area contributed by atoms with E-state index in [9.17, 15) is 13.2 Å². The van der Waals surface area contributed by atoms with Crippen LogP contribution in [-0.4, -0.2) is 47.7 Å². The van der Waals surface area contributed by atoms with E-state index >= 15 is 0 Å². The van der Waals surface area contributed by atoms with Crippen LogP contribution in [0, 0.1) is 5.92 Å². The van der Waals surface area contributed by atoms with Gasteiger partial charge in [0.05, 0.1) is 5.75 Å². The Morgan fingerprint density at radius 2 is 1.96 bits per heavy atom. The lowest BCUT2D eigenvalue weighted by Crippen LogP contribution is -2.37. The topological polar surface area (TPSA) is 92.3 Å². The van der Waals surface area contributed by atoms with E-state index in [4.69, 9.17) is 11.6 Å². The van der Waals surface area contributed by atoms with Gasteiger partial charge in [-0.15, -0.1) is 22.0 Å². The highest BCUT2D eigenvalue weighted by Crippen LogP contribution is 2.27. The summed E-state index contributed by atoms with van der Waals surface area (Å²) in [5.74, 6) is 0.425. The quantitative estimate of drug-likeness (QED) is 0.540. The van der Waals surface area contributed by atoms with Crippen LogP contribution in [0.2, 0.25) is 5.02 Å². The fourth-order valence-electron chi connectivity index (χ4n) is 2.54. The molecule has 0 radical (unpaired) electrons. The van der Waals surface area contributed by atoms with Crippen LogP contribution in [0.25, 0.3) is 0 Å². The third-order valence-corrected chi connectivity index (χ3v) is 8.49. The monoisotopic (exact) mass is 446 g/mol. The lowest BCUT2D eigenvalue weighted by molar-refractivity contribution is -0.113. The molecule has 0 saturated carbocycles. The summed E-state index contributed by atoms with van der Waals surface area (Å²) in [5.41, 5.74) is 0. The van der Waals surface area contributed by atoms with Crippen LogP contribution in [0.4, 0.5) is 5.13 Å². The molecule has 1 amide bonds. The average molecular weight is 447 g/mol. The summed E-state index contributed by atoms with van der Waals surface area (Å²) in [6, 6.07) is 7.17. The minimum atomic E-state index is -3.65. The van der Waals surface area contributed by atoms with E-state index in [-0.39, 0.29) is 21.1 Å². The Bertz CT molecular complexity index is 894. The molecule has 1 aliphatic rings. The second-order valence-corrected chi connectivity index (χ2v) is 10.8. The van der Waals surface area contributed by atoms with Crippen molar-refractivity contribution >= 4 is 55.8 Å². The first-order valence-corrected chi connectivity index (χ1v) is 12.0. The maximum atomic E-state index is 12.6. The zero-order valence-corrected chi connectivity index (χ0v) is 17.8. The van der Waals surface area contributed by atoms with Crippen molar-refractivity contribution in [3.05, 3.63) is 29.3 Å². The Hall–Kier alpha value is -1.20. The molecule has 0 atom stereocenters. The fraction of sp³-hybridized carbons (Fsp3) is 0.438. The van der Waals surface area contributed by atoms with Crippen LogP contribution in [0.15, 0.2) is 33.5 Å². The predicted molar refractivity (Wildman–Crippen MR) is 108 cm³/mol. The van der Waals surface area contributed by atoms with Gasteiger partial charge < -0.3 is 0 Å². The summed E-state index contributed by atoms with van der Waals surface area (Å²) >= 11 is 8.06. The molecule has 0 bridgehead atoms. The number of anilines is 1. The van der Waals surface area contributed by atoms with E-state index in [1.165, 1.54) is 16.1 Å². The van der Waals surface area contributed by atoms with Gasteiger partial charge in [0.1, 0.15) is 0 Å². The van der Waals surface area contributed by atoms with Crippen molar-refractivity contribution in [1.82, 2.24) is 14.5 Å². The van der Waals surface area contributed by atoms with E-state index in [0.717, 1.165) is 29.1 Å². The van der Waals surface area contributed by atoms with Crippen molar-refractivity contribution in [3.8, 4) is 0 Å². The Morgan fingerprint density at radius 3 is 2.63 bits per heavy atom. The molecule has 0 spiro atoms. The predicted octanol–water partition coefficient (Wildman–Crippen LogP) is 3.34. The lowest BCUT2D eigenvalue weighted by atomic mass is 10.0. The molecular formula is C16H19ClN4O3S3. The Balaban J connectivity index is 1.57. The third-order valence-electron chi connectivity index (χ3n) is 4.14. The third kappa shape index (κ3) is 5.41. The largest absolute Gasteiger partial charge is 0.300 e. The van der Waals surface area contributed by atoms with Crippen molar-refractivity contribution < 1.29 is 13.2 Å². The number of hydrogen-bond donors (Lipinski definition) is 1. The van der Waals surface area contributed by atoms with Gasteiger partial charge in [0, 0.05) is 23.0 Å². The minimum Gasteiger partial charge on any atom is -0.300 e. The van der Waals surface area contributed by atoms with Crippen molar-refractivity contribution in [3.63, 3.8) is 0 Å². The van der Waals surface area contributed by atoms with Crippen LogP contribution in [0.3, 0.4) is 0 Å². The maximum Gasteiger partial charge on any atom is 0.272 e. The second-order valence-electron chi connectivity index (χ2n) is 6.25. The highest BCUT2D eigenvalue weighted by Gasteiger charge is 2.31. The highest BCUT2D eigenvalue weighted by molar-refractivity contribution is 8.00. The Morgan fingerprint density at radius 1 is 1.30 bits per heavy atom. The van der Waals surface area contributed by atoms with Gasteiger partial charge in [-0.2, -0.15) is 4.31 Å². The average Bonchev–Trinajstić information content (AvgIpc) is 3.11. The minimum absolute atomic E-state index is 0.0855.